The molecular formula is C7H5CaNa3O10. The van der Waals surface area contributed by atoms with Crippen LogP contribution >= 0.6 is 0 Å². The zero-order chi connectivity index (χ0) is 14.2. The van der Waals surface area contributed by atoms with Crippen molar-refractivity contribution in [2.24, 2.45) is 0 Å². The van der Waals surface area contributed by atoms with Gasteiger partial charge in [0.25, 0.3) is 0 Å². The van der Waals surface area contributed by atoms with Crippen LogP contribution in [0.3, 0.4) is 0 Å². The Morgan fingerprint density at radius 3 is 1.05 bits per heavy atom. The molecule has 14 heteroatoms. The minimum Gasteiger partial charge on any atom is -0.652 e. The molecule has 0 aromatic heterocycles. The van der Waals surface area contributed by atoms with E-state index in [9.17, 15) is 29.7 Å². The van der Waals surface area contributed by atoms with Crippen molar-refractivity contribution in [3.8, 4) is 0 Å². The van der Waals surface area contributed by atoms with Crippen molar-refractivity contribution < 1.29 is 138 Å². The van der Waals surface area contributed by atoms with E-state index >= 15 is 0 Å². The van der Waals surface area contributed by atoms with Gasteiger partial charge < -0.3 is 49.8 Å². The number of hydrogen-bond donors (Lipinski definition) is 1. The summed E-state index contributed by atoms with van der Waals surface area (Å²) in [5.41, 5.74) is -2.97. The molecule has 10 nitrogen and oxygen atoms in total. The standard InChI is InChI=1S/C6H8O7.CH2O3.Ca.3Na/c7-3(8)1-6(13,5(11)12)2-4(9)10;2-1(3)4;;;;/h13H,1-2H2,(H,7,8)(H,9,10)(H,11,12);(H2,2,3,4);;;;/q;;+2;3*+1/p-5. The van der Waals surface area contributed by atoms with Crippen molar-refractivity contribution in [3.05, 3.63) is 0 Å². The molecule has 0 saturated carbocycles. The molecule has 0 saturated heterocycles. The molecule has 0 rings (SSSR count). The van der Waals surface area contributed by atoms with Crippen LogP contribution < -0.4 is 114 Å². The Kier molecular flexibility index (Phi) is 36.5. The molecular weight excluding hydrogens is 353 g/mol. The molecule has 0 aromatic rings. The monoisotopic (exact) mass is 358 g/mol. The molecule has 0 atom stereocenters. The molecule has 1 N–H and O–H groups in total. The van der Waals surface area contributed by atoms with Crippen LogP contribution in [0.1, 0.15) is 12.8 Å². The van der Waals surface area contributed by atoms with Gasteiger partial charge >= 0.3 is 126 Å². The molecule has 0 fully saturated rings. The first kappa shape index (κ1) is 38.5. The van der Waals surface area contributed by atoms with E-state index in [1.54, 1.807) is 0 Å². The molecule has 98 valence electrons. The Labute approximate surface area is 215 Å². The van der Waals surface area contributed by atoms with Gasteiger partial charge in [-0.05, 0) is 6.16 Å². The van der Waals surface area contributed by atoms with E-state index in [-0.39, 0.29) is 126 Å². The second-order valence-corrected chi connectivity index (χ2v) is 2.67. The van der Waals surface area contributed by atoms with E-state index < -0.39 is 42.5 Å². The van der Waals surface area contributed by atoms with Crippen molar-refractivity contribution in [1.82, 2.24) is 0 Å². The first-order valence-corrected chi connectivity index (χ1v) is 3.72. The number of aliphatic hydroxyl groups is 1. The molecule has 0 aromatic carbocycles. The first-order chi connectivity index (χ1) is 7.51. The van der Waals surface area contributed by atoms with Crippen LogP contribution in [0.25, 0.3) is 0 Å². The summed E-state index contributed by atoms with van der Waals surface area (Å²) < 4.78 is 0. The second-order valence-electron chi connectivity index (χ2n) is 2.67. The van der Waals surface area contributed by atoms with Gasteiger partial charge in [0.2, 0.25) is 0 Å². The van der Waals surface area contributed by atoms with Gasteiger partial charge in [-0.15, -0.1) is 0 Å². The van der Waals surface area contributed by atoms with E-state index in [1.807, 2.05) is 0 Å². The minimum atomic E-state index is -2.97. The average Bonchev–Trinajstić information content (AvgIpc) is 1.98. The van der Waals surface area contributed by atoms with Gasteiger partial charge in [-0.2, -0.15) is 0 Å². The molecule has 0 unspecified atom stereocenters. The van der Waals surface area contributed by atoms with Gasteiger partial charge in [0.1, 0.15) is 5.60 Å². The van der Waals surface area contributed by atoms with Gasteiger partial charge in [0, 0.05) is 24.8 Å². The van der Waals surface area contributed by atoms with E-state index in [2.05, 4.69) is 0 Å². The summed E-state index contributed by atoms with van der Waals surface area (Å²) >= 11 is 0. The van der Waals surface area contributed by atoms with Crippen LogP contribution in [0.2, 0.25) is 0 Å². The van der Waals surface area contributed by atoms with Crippen molar-refractivity contribution in [2.75, 3.05) is 0 Å². The zero-order valence-corrected chi connectivity index (χ0v) is 20.0. The van der Waals surface area contributed by atoms with Crippen molar-refractivity contribution >= 4 is 61.8 Å². The fourth-order valence-corrected chi connectivity index (χ4v) is 0.684. The number of aliphatic carboxylic acids is 3. The maximum atomic E-state index is 10.1. The Morgan fingerprint density at radius 1 is 0.762 bits per heavy atom. The summed E-state index contributed by atoms with van der Waals surface area (Å²) in [7, 11) is 0. The molecule has 0 aliphatic rings. The topological polar surface area (TPSA) is 204 Å². The molecule has 0 bridgehead atoms. The first-order valence-electron chi connectivity index (χ1n) is 3.72. The van der Waals surface area contributed by atoms with E-state index in [0.29, 0.717) is 0 Å². The fourth-order valence-electron chi connectivity index (χ4n) is 0.684. The van der Waals surface area contributed by atoms with Crippen LogP contribution in [0, 0.1) is 0 Å². The minimum absolute atomic E-state index is 0. The van der Waals surface area contributed by atoms with Crippen molar-refractivity contribution in [2.45, 2.75) is 18.4 Å². The Morgan fingerprint density at radius 2 is 0.952 bits per heavy atom. The predicted molar refractivity (Wildman–Crippen MR) is 40.4 cm³/mol. The molecule has 0 heterocycles. The predicted octanol–water partition coefficient (Wildman–Crippen LogP) is -17.1. The molecule has 0 amide bonds. The summed E-state index contributed by atoms with van der Waals surface area (Å²) in [6, 6.07) is 0. The average molecular weight is 358 g/mol. The smallest absolute Gasteiger partial charge is 0.652 e. The number of carboxylic acids is 3. The van der Waals surface area contributed by atoms with Crippen molar-refractivity contribution in [1.29, 1.82) is 0 Å². The Hall–Kier alpha value is 1.90. The Balaban J connectivity index is -0.0000000629. The Bertz CT molecular complexity index is 317. The summed E-state index contributed by atoms with van der Waals surface area (Å²) in [5.74, 6) is -5.98. The maximum absolute atomic E-state index is 10.1. The summed E-state index contributed by atoms with van der Waals surface area (Å²) in [4.78, 5) is 38.3. The van der Waals surface area contributed by atoms with Gasteiger partial charge in [0.05, 0.1) is 5.97 Å². The summed E-state index contributed by atoms with van der Waals surface area (Å²) in [5, 5.41) is 55.6. The van der Waals surface area contributed by atoms with E-state index in [0.717, 1.165) is 0 Å². The third-order valence-corrected chi connectivity index (χ3v) is 1.25. The third kappa shape index (κ3) is 27.1. The number of rotatable bonds is 5. The molecule has 0 radical (unpaired) electrons. The zero-order valence-electron chi connectivity index (χ0n) is 11.7. The SMILES string of the molecule is O=C([O-])CC(O)(CC(=O)[O-])C(=O)[O-].O=C([O-])[O-].[Ca+2].[Na+].[Na+].[Na+]. The molecule has 0 aliphatic heterocycles. The number of carbonyl (C=O) groups excluding carboxylic acids is 4. The van der Waals surface area contributed by atoms with Crippen LogP contribution in [-0.2, 0) is 14.4 Å². The van der Waals surface area contributed by atoms with Gasteiger partial charge in [-0.3, -0.25) is 0 Å². The van der Waals surface area contributed by atoms with Crippen LogP contribution in [0.15, 0.2) is 0 Å². The number of carbonyl (C=O) groups is 4. The van der Waals surface area contributed by atoms with Gasteiger partial charge in [0.15, 0.2) is 0 Å². The van der Waals surface area contributed by atoms with Crippen LogP contribution in [0.4, 0.5) is 4.79 Å². The largest absolute Gasteiger partial charge is 2.00 e. The molecule has 0 spiro atoms. The van der Waals surface area contributed by atoms with Crippen LogP contribution in [0.5, 0.6) is 0 Å². The molecule has 21 heavy (non-hydrogen) atoms. The van der Waals surface area contributed by atoms with Crippen LogP contribution in [-0.4, -0.2) is 72.5 Å². The summed E-state index contributed by atoms with van der Waals surface area (Å²) in [6.45, 7) is 0. The third-order valence-electron chi connectivity index (χ3n) is 1.25. The normalized spacial score (nSPS) is 7.86. The second kappa shape index (κ2) is 19.9. The quantitative estimate of drug-likeness (QED) is 0.459. The summed E-state index contributed by atoms with van der Waals surface area (Å²) in [6.07, 6.45) is -5.05. The number of hydrogen-bond acceptors (Lipinski definition) is 10. The fraction of sp³-hybridized carbons (Fsp3) is 0.429. The van der Waals surface area contributed by atoms with E-state index in [1.165, 1.54) is 0 Å². The van der Waals surface area contributed by atoms with Gasteiger partial charge in [-0.25, -0.2) is 0 Å². The van der Waals surface area contributed by atoms with Crippen molar-refractivity contribution in [3.63, 3.8) is 0 Å². The van der Waals surface area contributed by atoms with E-state index in [4.69, 9.17) is 20.1 Å². The number of carboxylic acid groups (broad SMARTS) is 5. The molecule has 0 aliphatic carbocycles. The maximum Gasteiger partial charge on any atom is 2.00 e. The van der Waals surface area contributed by atoms with Gasteiger partial charge in [-0.1, -0.05) is 0 Å².